The molecule has 0 saturated carbocycles. The fraction of sp³-hybridized carbons (Fsp3) is 0.652. The van der Waals surface area contributed by atoms with E-state index in [4.69, 9.17) is 34.2 Å². The van der Waals surface area contributed by atoms with Crippen LogP contribution in [0.25, 0.3) is 0 Å². The number of aromatic amines is 1. The molecule has 2 saturated heterocycles. The van der Waals surface area contributed by atoms with E-state index in [2.05, 4.69) is 10.9 Å². The maximum absolute atomic E-state index is 13.3. The number of ether oxygens (including phenoxy) is 3. The lowest BCUT2D eigenvalue weighted by Gasteiger charge is -2.36. The minimum Gasteiger partial charge on any atom is -0.463 e. The molecule has 0 aromatic carbocycles. The van der Waals surface area contributed by atoms with Gasteiger partial charge in [-0.3, -0.25) is 37.5 Å². The van der Waals surface area contributed by atoms with E-state index in [-0.39, 0.29) is 32.2 Å². The van der Waals surface area contributed by atoms with Crippen molar-refractivity contribution < 1.29 is 41.9 Å². The van der Waals surface area contributed by atoms with Crippen molar-refractivity contribution in [2.24, 2.45) is 5.92 Å². The fourth-order valence-corrected chi connectivity index (χ4v) is 5.28. The zero-order valence-electron chi connectivity index (χ0n) is 21.0. The lowest BCUT2D eigenvalue weighted by atomic mass is 9.94. The van der Waals surface area contributed by atoms with Crippen molar-refractivity contribution in [2.75, 3.05) is 13.2 Å². The van der Waals surface area contributed by atoms with Gasteiger partial charge in [0, 0.05) is 18.7 Å². The highest BCUT2D eigenvalue weighted by molar-refractivity contribution is 7.48. The molecular weight excluding hydrogens is 511 g/mol. The number of rotatable bonds is 10. The van der Waals surface area contributed by atoms with Gasteiger partial charge in [-0.05, 0) is 26.7 Å². The number of carbonyl (C=O) groups is 2. The first kappa shape index (κ1) is 28.8. The molecule has 6 atom stereocenters. The van der Waals surface area contributed by atoms with Crippen LogP contribution in [0.1, 0.15) is 53.2 Å². The molecule has 0 bridgehead atoms. The Labute approximate surface area is 213 Å². The van der Waals surface area contributed by atoms with E-state index in [0.29, 0.717) is 6.42 Å². The topological polar surface area (TPSA) is 161 Å². The molecule has 0 aliphatic carbocycles. The normalized spacial score (nSPS) is 29.8. The Morgan fingerprint density at radius 3 is 2.70 bits per heavy atom. The average molecular weight is 542 g/mol. The first-order valence-electron chi connectivity index (χ1n) is 11.9. The van der Waals surface area contributed by atoms with Gasteiger partial charge in [0.25, 0.3) is 5.56 Å². The van der Waals surface area contributed by atoms with Gasteiger partial charge in [0.15, 0.2) is 12.3 Å². The van der Waals surface area contributed by atoms with Gasteiger partial charge in [-0.15, -0.1) is 6.42 Å². The molecule has 0 amide bonds. The maximum Gasteiger partial charge on any atom is 0.475 e. The third kappa shape index (κ3) is 6.40. The molecule has 2 fully saturated rings. The summed E-state index contributed by atoms with van der Waals surface area (Å²) in [5.41, 5.74) is -3.57. The van der Waals surface area contributed by atoms with Crippen LogP contribution in [0.4, 0.5) is 0 Å². The molecule has 204 valence electrons. The van der Waals surface area contributed by atoms with E-state index >= 15 is 0 Å². The number of hydrogen-bond acceptors (Lipinski definition) is 11. The van der Waals surface area contributed by atoms with Crippen LogP contribution in [0, 0.1) is 18.3 Å². The van der Waals surface area contributed by atoms with Crippen LogP contribution in [-0.4, -0.2) is 58.6 Å². The number of phosphoric acid groups is 1. The zero-order chi connectivity index (χ0) is 27.4. The van der Waals surface area contributed by atoms with Crippen molar-refractivity contribution in [1.29, 1.82) is 0 Å². The standard InChI is InChI=1S/C23H31N2O11P/c1-6-8-18(27)35-23(7-2)19-16(34-21(23)25-11-9-17(26)24-22(25)29)13-32-37(30,36-19)31-12-10-15(5)20(28)33-14(3)4/h2,9,11,14-16,19,21H,6,8,10,12-13H2,1,3-5H3,(H,24,26,29)/t15-,16-,19-,21-,23-,37+/m1/s1. The SMILES string of the molecule is C#C[C@@]1(OC(=O)CCC)[C@@H]2O[P@@](=O)(OCC[C@@H](C)C(=O)OC(C)C)OC[C@H]2O[C@H]1n1ccc(=O)[nH]c1=O. The van der Waals surface area contributed by atoms with Crippen molar-refractivity contribution >= 4 is 19.8 Å². The monoisotopic (exact) mass is 542 g/mol. The lowest BCUT2D eigenvalue weighted by Crippen LogP contribution is -2.53. The van der Waals surface area contributed by atoms with E-state index in [1.54, 1.807) is 27.7 Å². The smallest absolute Gasteiger partial charge is 0.463 e. The van der Waals surface area contributed by atoms with Crippen LogP contribution in [0.5, 0.6) is 0 Å². The summed E-state index contributed by atoms with van der Waals surface area (Å²) < 4.78 is 47.3. The number of terminal acetylenes is 1. The molecule has 13 nitrogen and oxygen atoms in total. The van der Waals surface area contributed by atoms with Gasteiger partial charge < -0.3 is 14.2 Å². The number of nitrogens with zero attached hydrogens (tertiary/aromatic N) is 1. The first-order chi connectivity index (χ1) is 17.4. The molecule has 1 aromatic heterocycles. The highest BCUT2D eigenvalue weighted by Crippen LogP contribution is 2.59. The Kier molecular flexibility index (Phi) is 9.15. The third-order valence-electron chi connectivity index (χ3n) is 5.69. The second kappa shape index (κ2) is 11.8. The summed E-state index contributed by atoms with van der Waals surface area (Å²) >= 11 is 0. The van der Waals surface area contributed by atoms with Gasteiger partial charge in [-0.1, -0.05) is 19.8 Å². The van der Waals surface area contributed by atoms with Crippen LogP contribution in [0.15, 0.2) is 21.9 Å². The van der Waals surface area contributed by atoms with Gasteiger partial charge in [0.05, 0.1) is 25.2 Å². The van der Waals surface area contributed by atoms with Crippen molar-refractivity contribution in [3.05, 3.63) is 33.1 Å². The summed E-state index contributed by atoms with van der Waals surface area (Å²) in [6.45, 7) is 6.34. The second-order valence-corrected chi connectivity index (χ2v) is 10.6. The zero-order valence-corrected chi connectivity index (χ0v) is 21.9. The Bertz CT molecular complexity index is 1200. The minimum absolute atomic E-state index is 0.00306. The first-order valence-corrected chi connectivity index (χ1v) is 13.3. The average Bonchev–Trinajstić information content (AvgIpc) is 3.11. The van der Waals surface area contributed by atoms with E-state index in [1.807, 2.05) is 0 Å². The Hall–Kier alpha value is -2.75. The van der Waals surface area contributed by atoms with E-state index < -0.39 is 61.0 Å². The third-order valence-corrected chi connectivity index (χ3v) is 7.14. The molecule has 0 spiro atoms. The number of carbonyl (C=O) groups excluding carboxylic acids is 2. The molecule has 1 N–H and O–H groups in total. The molecule has 37 heavy (non-hydrogen) atoms. The van der Waals surface area contributed by atoms with Crippen molar-refractivity contribution in [3.8, 4) is 12.3 Å². The number of phosphoric ester groups is 1. The maximum atomic E-state index is 13.3. The van der Waals surface area contributed by atoms with Gasteiger partial charge >= 0.3 is 25.5 Å². The van der Waals surface area contributed by atoms with Gasteiger partial charge in [-0.25, -0.2) is 9.36 Å². The Balaban J connectivity index is 1.85. The number of aromatic nitrogens is 2. The Morgan fingerprint density at radius 2 is 2.08 bits per heavy atom. The van der Waals surface area contributed by atoms with Crippen LogP contribution in [-0.2, 0) is 41.9 Å². The Morgan fingerprint density at radius 1 is 1.35 bits per heavy atom. The molecule has 2 aliphatic heterocycles. The van der Waals surface area contributed by atoms with Crippen LogP contribution < -0.4 is 11.2 Å². The van der Waals surface area contributed by atoms with Gasteiger partial charge in [0.1, 0.15) is 6.10 Å². The van der Waals surface area contributed by atoms with E-state index in [9.17, 15) is 23.7 Å². The molecule has 1 aromatic rings. The summed E-state index contributed by atoms with van der Waals surface area (Å²) in [7, 11) is -4.25. The molecule has 3 heterocycles. The fourth-order valence-electron chi connectivity index (χ4n) is 3.86. The second-order valence-electron chi connectivity index (χ2n) is 8.98. The summed E-state index contributed by atoms with van der Waals surface area (Å²) in [4.78, 5) is 50.8. The van der Waals surface area contributed by atoms with E-state index in [1.165, 1.54) is 0 Å². The van der Waals surface area contributed by atoms with Crippen LogP contribution in [0.3, 0.4) is 0 Å². The van der Waals surface area contributed by atoms with Crippen molar-refractivity contribution in [2.45, 2.75) is 77.1 Å². The predicted molar refractivity (Wildman–Crippen MR) is 127 cm³/mol. The molecule has 14 heteroatoms. The van der Waals surface area contributed by atoms with Crippen molar-refractivity contribution in [1.82, 2.24) is 9.55 Å². The molecular formula is C23H31N2O11P. The van der Waals surface area contributed by atoms with E-state index in [0.717, 1.165) is 16.8 Å². The number of nitrogens with one attached hydrogen (secondary N) is 1. The lowest BCUT2D eigenvalue weighted by molar-refractivity contribution is -0.170. The van der Waals surface area contributed by atoms with Crippen LogP contribution >= 0.6 is 7.82 Å². The molecule has 0 unspecified atom stereocenters. The number of fused-ring (bicyclic) bond motifs is 1. The summed E-state index contributed by atoms with van der Waals surface area (Å²) in [6, 6.07) is 1.07. The number of H-pyrrole nitrogens is 1. The largest absolute Gasteiger partial charge is 0.475 e. The van der Waals surface area contributed by atoms with Gasteiger partial charge in [-0.2, -0.15) is 0 Å². The molecule has 2 aliphatic rings. The summed E-state index contributed by atoms with van der Waals surface area (Å²) in [6.07, 6.45) is 3.52. The molecule has 0 radical (unpaired) electrons. The quantitative estimate of drug-likeness (QED) is 0.260. The van der Waals surface area contributed by atoms with Crippen LogP contribution in [0.2, 0.25) is 0 Å². The predicted octanol–water partition coefficient (Wildman–Crippen LogP) is 1.67. The van der Waals surface area contributed by atoms with Gasteiger partial charge in [0.2, 0.25) is 5.60 Å². The summed E-state index contributed by atoms with van der Waals surface area (Å²) in [5, 5.41) is 0. The minimum atomic E-state index is -4.25. The highest BCUT2D eigenvalue weighted by atomic mass is 31.2. The number of esters is 2. The summed E-state index contributed by atoms with van der Waals surface area (Å²) in [5.74, 6) is 0.686. The number of hydrogen-bond donors (Lipinski definition) is 1. The molecule has 3 rings (SSSR count). The highest BCUT2D eigenvalue weighted by Gasteiger charge is 2.65. The van der Waals surface area contributed by atoms with Crippen molar-refractivity contribution in [3.63, 3.8) is 0 Å².